The largest absolute Gasteiger partial charge is 0.484 e. The molecule has 0 spiro atoms. The van der Waals surface area contributed by atoms with Gasteiger partial charge in [-0.25, -0.2) is 9.37 Å². The van der Waals surface area contributed by atoms with Crippen LogP contribution in [0.5, 0.6) is 5.75 Å². The van der Waals surface area contributed by atoms with Crippen molar-refractivity contribution in [3.8, 4) is 5.75 Å². The molecule has 1 aliphatic carbocycles. The van der Waals surface area contributed by atoms with Crippen LogP contribution in [0.1, 0.15) is 24.2 Å². The number of aromatic amines is 1. The van der Waals surface area contributed by atoms with E-state index in [2.05, 4.69) is 15.3 Å². The van der Waals surface area contributed by atoms with Crippen molar-refractivity contribution in [2.24, 2.45) is 5.92 Å². The minimum Gasteiger partial charge on any atom is -0.484 e. The molecule has 2 N–H and O–H groups in total. The minimum atomic E-state index is -0.412. The molecule has 1 amide bonds. The number of rotatable bonds is 6. The van der Waals surface area contributed by atoms with E-state index in [1.807, 2.05) is 11.4 Å². The Morgan fingerprint density at radius 2 is 2.29 bits per heavy atom. The number of halogens is 1. The minimum absolute atomic E-state index is 0.0899. The first-order valence-electron chi connectivity index (χ1n) is 7.78. The molecule has 0 bridgehead atoms. The van der Waals surface area contributed by atoms with Crippen molar-refractivity contribution in [3.05, 3.63) is 46.3 Å². The Morgan fingerprint density at radius 1 is 1.42 bits per heavy atom. The van der Waals surface area contributed by atoms with Crippen molar-refractivity contribution in [3.63, 3.8) is 0 Å². The van der Waals surface area contributed by atoms with E-state index in [9.17, 15) is 9.18 Å². The van der Waals surface area contributed by atoms with Crippen LogP contribution in [0.3, 0.4) is 0 Å². The average molecular weight is 345 g/mol. The average Bonchev–Trinajstić information content (AvgIpc) is 3.15. The Labute approximate surface area is 141 Å². The molecule has 2 heterocycles. The van der Waals surface area contributed by atoms with Crippen molar-refractivity contribution in [1.29, 1.82) is 0 Å². The second-order valence-corrected chi connectivity index (χ2v) is 6.64. The topological polar surface area (TPSA) is 67.0 Å². The van der Waals surface area contributed by atoms with Gasteiger partial charge in [-0.2, -0.15) is 0 Å². The maximum atomic E-state index is 14.2. The third-order valence-electron chi connectivity index (χ3n) is 3.99. The lowest BCUT2D eigenvalue weighted by molar-refractivity contribution is -0.122. The molecule has 124 valence electrons. The van der Waals surface area contributed by atoms with Gasteiger partial charge in [0.05, 0.1) is 17.7 Å². The van der Waals surface area contributed by atoms with Gasteiger partial charge in [0, 0.05) is 34.0 Å². The molecule has 4 rings (SSSR count). The molecule has 7 heteroatoms. The molecule has 1 aromatic carbocycles. The van der Waals surface area contributed by atoms with Crippen LogP contribution in [0.25, 0.3) is 10.9 Å². The first-order valence-corrected chi connectivity index (χ1v) is 8.72. The summed E-state index contributed by atoms with van der Waals surface area (Å²) in [6.07, 6.45) is 1.95. The lowest BCUT2D eigenvalue weighted by Gasteiger charge is -2.05. The van der Waals surface area contributed by atoms with Gasteiger partial charge in [-0.05, 0) is 25.0 Å². The summed E-state index contributed by atoms with van der Waals surface area (Å²) in [5.41, 5.74) is 4.11. The highest BCUT2D eigenvalue weighted by Crippen LogP contribution is 2.29. The zero-order valence-corrected chi connectivity index (χ0v) is 13.7. The number of ether oxygens (including phenoxy) is 1. The molecular weight excluding hydrogens is 329 g/mol. The second kappa shape index (κ2) is 6.24. The summed E-state index contributed by atoms with van der Waals surface area (Å²) in [6.45, 7) is 0.650. The van der Waals surface area contributed by atoms with E-state index in [4.69, 9.17) is 4.74 Å². The summed E-state index contributed by atoms with van der Waals surface area (Å²) in [4.78, 5) is 19.0. The van der Waals surface area contributed by atoms with Gasteiger partial charge >= 0.3 is 0 Å². The van der Waals surface area contributed by atoms with E-state index in [1.165, 1.54) is 17.4 Å². The van der Waals surface area contributed by atoms with Crippen LogP contribution in [0.4, 0.5) is 4.39 Å². The standard InChI is InChI=1S/C17H16FN3O2S/c18-14-4-11-3-12(6-19-17(22)10-1-2-10)21-15(11)5-16(14)23-7-13-8-24-9-20-13/h3-5,8-10,21H,1-2,6-7H2,(H,19,22). The van der Waals surface area contributed by atoms with E-state index in [0.29, 0.717) is 6.54 Å². The van der Waals surface area contributed by atoms with Gasteiger partial charge < -0.3 is 15.0 Å². The molecule has 0 atom stereocenters. The number of carbonyl (C=O) groups is 1. The van der Waals surface area contributed by atoms with Gasteiger partial charge in [-0.3, -0.25) is 4.79 Å². The highest BCUT2D eigenvalue weighted by Gasteiger charge is 2.29. The molecule has 1 aliphatic rings. The summed E-state index contributed by atoms with van der Waals surface area (Å²) in [5.74, 6) is 0.0425. The second-order valence-electron chi connectivity index (χ2n) is 5.92. The highest BCUT2D eigenvalue weighted by atomic mass is 32.1. The molecule has 2 aromatic heterocycles. The van der Waals surface area contributed by atoms with E-state index >= 15 is 0 Å². The SMILES string of the molecule is O=C(NCc1cc2cc(F)c(OCc3cscn3)cc2[nH]1)C1CC1. The van der Waals surface area contributed by atoms with Crippen molar-refractivity contribution in [2.75, 3.05) is 0 Å². The number of H-pyrrole nitrogens is 1. The number of thiazole rings is 1. The zero-order valence-electron chi connectivity index (χ0n) is 12.8. The first-order chi connectivity index (χ1) is 11.7. The third kappa shape index (κ3) is 3.26. The fraction of sp³-hybridized carbons (Fsp3) is 0.294. The van der Waals surface area contributed by atoms with Crippen LogP contribution < -0.4 is 10.1 Å². The van der Waals surface area contributed by atoms with Crippen molar-refractivity contribution < 1.29 is 13.9 Å². The Bertz CT molecular complexity index is 871. The molecule has 5 nitrogen and oxygen atoms in total. The molecule has 1 saturated carbocycles. The molecule has 3 aromatic rings. The number of fused-ring (bicyclic) bond motifs is 1. The smallest absolute Gasteiger partial charge is 0.223 e. The fourth-order valence-electron chi connectivity index (χ4n) is 2.53. The number of aromatic nitrogens is 2. The molecule has 1 fully saturated rings. The number of amides is 1. The molecule has 0 unspecified atom stereocenters. The van der Waals surface area contributed by atoms with Crippen molar-refractivity contribution in [2.45, 2.75) is 26.0 Å². The summed E-state index contributed by atoms with van der Waals surface area (Å²) in [7, 11) is 0. The summed E-state index contributed by atoms with van der Waals surface area (Å²) < 4.78 is 19.7. The molecule has 0 saturated heterocycles. The molecular formula is C17H16FN3O2S. The van der Waals surface area contributed by atoms with E-state index in [0.717, 1.165) is 35.1 Å². The molecule has 0 aliphatic heterocycles. The number of nitrogens with zero attached hydrogens (tertiary/aromatic N) is 1. The van der Waals surface area contributed by atoms with Crippen LogP contribution >= 0.6 is 11.3 Å². The Morgan fingerprint density at radius 3 is 3.04 bits per heavy atom. The Balaban J connectivity index is 1.47. The molecule has 0 radical (unpaired) electrons. The summed E-state index contributed by atoms with van der Waals surface area (Å²) in [5, 5.41) is 5.51. The van der Waals surface area contributed by atoms with E-state index in [1.54, 1.807) is 11.6 Å². The number of hydrogen-bond acceptors (Lipinski definition) is 4. The maximum absolute atomic E-state index is 14.2. The monoisotopic (exact) mass is 345 g/mol. The van der Waals surface area contributed by atoms with Crippen LogP contribution in [-0.4, -0.2) is 15.9 Å². The first kappa shape index (κ1) is 15.1. The van der Waals surface area contributed by atoms with Crippen LogP contribution in [0, 0.1) is 11.7 Å². The number of benzene rings is 1. The zero-order chi connectivity index (χ0) is 16.5. The Kier molecular flexibility index (Phi) is 3.93. The number of hydrogen-bond donors (Lipinski definition) is 2. The van der Waals surface area contributed by atoms with Crippen LogP contribution in [0.15, 0.2) is 29.1 Å². The van der Waals surface area contributed by atoms with Crippen molar-refractivity contribution >= 4 is 28.1 Å². The number of carbonyl (C=O) groups excluding carboxylic acids is 1. The predicted molar refractivity (Wildman–Crippen MR) is 89.3 cm³/mol. The van der Waals surface area contributed by atoms with Gasteiger partial charge in [0.1, 0.15) is 6.61 Å². The predicted octanol–water partition coefficient (Wildman–Crippen LogP) is 3.37. The lowest BCUT2D eigenvalue weighted by Crippen LogP contribution is -2.24. The number of nitrogens with one attached hydrogen (secondary N) is 2. The maximum Gasteiger partial charge on any atom is 0.223 e. The quantitative estimate of drug-likeness (QED) is 0.720. The summed E-state index contributed by atoms with van der Waals surface area (Å²) >= 11 is 1.47. The van der Waals surface area contributed by atoms with Gasteiger partial charge in [0.15, 0.2) is 11.6 Å². The van der Waals surface area contributed by atoms with Gasteiger partial charge in [0.25, 0.3) is 0 Å². The normalized spacial score (nSPS) is 14.0. The van der Waals surface area contributed by atoms with E-state index < -0.39 is 5.82 Å². The lowest BCUT2D eigenvalue weighted by atomic mass is 10.2. The van der Waals surface area contributed by atoms with Gasteiger partial charge in [-0.1, -0.05) is 0 Å². The molecule has 24 heavy (non-hydrogen) atoms. The van der Waals surface area contributed by atoms with Crippen LogP contribution in [-0.2, 0) is 17.9 Å². The fourth-order valence-corrected chi connectivity index (χ4v) is 3.07. The summed E-state index contributed by atoms with van der Waals surface area (Å²) in [6, 6.07) is 4.92. The van der Waals surface area contributed by atoms with Gasteiger partial charge in [-0.15, -0.1) is 11.3 Å². The van der Waals surface area contributed by atoms with Gasteiger partial charge in [0.2, 0.25) is 5.91 Å². The van der Waals surface area contributed by atoms with E-state index in [-0.39, 0.29) is 24.2 Å². The Hall–Kier alpha value is -2.41. The van der Waals surface area contributed by atoms with Crippen molar-refractivity contribution in [1.82, 2.24) is 15.3 Å². The van der Waals surface area contributed by atoms with Crippen LogP contribution in [0.2, 0.25) is 0 Å². The third-order valence-corrected chi connectivity index (χ3v) is 4.62. The highest BCUT2D eigenvalue weighted by molar-refractivity contribution is 7.07.